The number of nitrogens with one attached hydrogen (secondary N) is 2. The van der Waals surface area contributed by atoms with Gasteiger partial charge in [0.1, 0.15) is 0 Å². The van der Waals surface area contributed by atoms with Crippen molar-refractivity contribution in [3.8, 4) is 0 Å². The summed E-state index contributed by atoms with van der Waals surface area (Å²) in [6.07, 6.45) is 2.30. The topological polar surface area (TPSA) is 58.2 Å². The third kappa shape index (κ3) is 4.18. The highest BCUT2D eigenvalue weighted by atomic mass is 35.5. The maximum Gasteiger partial charge on any atom is 0.234 e. The van der Waals surface area contributed by atoms with E-state index in [4.69, 9.17) is 11.6 Å². The minimum absolute atomic E-state index is 0.0642. The predicted molar refractivity (Wildman–Crippen MR) is 69.9 cm³/mol. The second kappa shape index (κ2) is 5.25. The van der Waals surface area contributed by atoms with Crippen LogP contribution in [-0.4, -0.2) is 26.8 Å². The number of halogens is 1. The lowest BCUT2D eigenvalue weighted by Gasteiger charge is -2.09. The Hall–Kier alpha value is -0.780. The molecule has 0 heterocycles. The Morgan fingerprint density at radius 3 is 2.65 bits per heavy atom. The lowest BCUT2D eigenvalue weighted by atomic mass is 10.3. The van der Waals surface area contributed by atoms with Gasteiger partial charge in [0.25, 0.3) is 0 Å². The molecule has 6 heteroatoms. The molecular formula is C11H15ClN2O2S. The van der Waals surface area contributed by atoms with Gasteiger partial charge in [-0.2, -0.15) is 0 Å². The molecule has 94 valence electrons. The molecule has 0 unspecified atom stereocenters. The number of anilines is 1. The van der Waals surface area contributed by atoms with Gasteiger partial charge in [0.05, 0.1) is 16.5 Å². The number of para-hydroxylation sites is 1. The summed E-state index contributed by atoms with van der Waals surface area (Å²) < 4.78 is 26.0. The zero-order valence-electron chi connectivity index (χ0n) is 9.32. The van der Waals surface area contributed by atoms with Crippen molar-refractivity contribution in [1.82, 2.24) is 5.32 Å². The highest BCUT2D eigenvalue weighted by Crippen LogP contribution is 2.21. The van der Waals surface area contributed by atoms with Crippen LogP contribution in [0.5, 0.6) is 0 Å². The molecule has 1 aromatic rings. The van der Waals surface area contributed by atoms with E-state index in [0.29, 0.717) is 23.3 Å². The van der Waals surface area contributed by atoms with Crippen LogP contribution >= 0.6 is 11.6 Å². The molecule has 0 radical (unpaired) electrons. The molecule has 17 heavy (non-hydrogen) atoms. The molecule has 0 bridgehead atoms. The zero-order valence-corrected chi connectivity index (χ0v) is 10.9. The highest BCUT2D eigenvalue weighted by molar-refractivity contribution is 7.92. The van der Waals surface area contributed by atoms with Gasteiger partial charge in [0.2, 0.25) is 10.0 Å². The summed E-state index contributed by atoms with van der Waals surface area (Å²) in [5.41, 5.74) is 0.431. The van der Waals surface area contributed by atoms with Crippen molar-refractivity contribution in [3.63, 3.8) is 0 Å². The Morgan fingerprint density at radius 1 is 1.29 bits per heavy atom. The van der Waals surface area contributed by atoms with Crippen molar-refractivity contribution < 1.29 is 8.42 Å². The molecule has 0 saturated heterocycles. The molecule has 1 aliphatic carbocycles. The van der Waals surface area contributed by atoms with Crippen LogP contribution in [-0.2, 0) is 10.0 Å². The van der Waals surface area contributed by atoms with Crippen LogP contribution in [0.15, 0.2) is 24.3 Å². The third-order valence-electron chi connectivity index (χ3n) is 2.52. The van der Waals surface area contributed by atoms with Crippen molar-refractivity contribution >= 4 is 27.3 Å². The molecule has 1 aromatic carbocycles. The lowest BCUT2D eigenvalue weighted by Crippen LogP contribution is -2.28. The Balaban J connectivity index is 1.89. The number of hydrogen-bond acceptors (Lipinski definition) is 3. The fraction of sp³-hybridized carbons (Fsp3) is 0.455. The summed E-state index contributed by atoms with van der Waals surface area (Å²) >= 11 is 5.88. The summed E-state index contributed by atoms with van der Waals surface area (Å²) in [7, 11) is -3.32. The quantitative estimate of drug-likeness (QED) is 0.832. The van der Waals surface area contributed by atoms with Gasteiger partial charge in [-0.25, -0.2) is 8.42 Å². The average molecular weight is 275 g/mol. The Labute approximate surface area is 106 Å². The summed E-state index contributed by atoms with van der Waals surface area (Å²) in [5.74, 6) is 0.0642. The smallest absolute Gasteiger partial charge is 0.234 e. The maximum absolute atomic E-state index is 11.7. The zero-order chi connectivity index (χ0) is 12.3. The van der Waals surface area contributed by atoms with Crippen molar-refractivity contribution in [3.05, 3.63) is 29.3 Å². The minimum Gasteiger partial charge on any atom is -0.313 e. The van der Waals surface area contributed by atoms with Crippen LogP contribution < -0.4 is 10.0 Å². The van der Waals surface area contributed by atoms with Gasteiger partial charge in [-0.3, -0.25) is 4.72 Å². The average Bonchev–Trinajstić information content (AvgIpc) is 3.05. The molecule has 4 nitrogen and oxygen atoms in total. The van der Waals surface area contributed by atoms with E-state index in [9.17, 15) is 8.42 Å². The first-order valence-electron chi connectivity index (χ1n) is 5.55. The van der Waals surface area contributed by atoms with Crippen molar-refractivity contribution in [2.45, 2.75) is 18.9 Å². The molecule has 1 aliphatic rings. The maximum atomic E-state index is 11.7. The first kappa shape index (κ1) is 12.7. The molecule has 2 N–H and O–H groups in total. The molecule has 0 aliphatic heterocycles. The van der Waals surface area contributed by atoms with E-state index in [1.165, 1.54) is 0 Å². The van der Waals surface area contributed by atoms with Crippen LogP contribution in [0.3, 0.4) is 0 Å². The van der Waals surface area contributed by atoms with E-state index in [0.717, 1.165) is 12.8 Å². The van der Waals surface area contributed by atoms with Crippen LogP contribution in [0.4, 0.5) is 5.69 Å². The van der Waals surface area contributed by atoms with Gasteiger partial charge in [-0.15, -0.1) is 0 Å². The molecule has 1 fully saturated rings. The first-order chi connectivity index (χ1) is 8.07. The normalized spacial score (nSPS) is 15.8. The monoisotopic (exact) mass is 274 g/mol. The number of hydrogen-bond donors (Lipinski definition) is 2. The Bertz CT molecular complexity index is 486. The van der Waals surface area contributed by atoms with E-state index in [-0.39, 0.29) is 5.75 Å². The summed E-state index contributed by atoms with van der Waals surface area (Å²) in [4.78, 5) is 0. The molecule has 0 aromatic heterocycles. The van der Waals surface area contributed by atoms with Crippen LogP contribution in [0, 0.1) is 0 Å². The molecule has 2 rings (SSSR count). The number of benzene rings is 1. The fourth-order valence-corrected chi connectivity index (χ4v) is 2.69. The Morgan fingerprint density at radius 2 is 2.00 bits per heavy atom. The molecule has 1 saturated carbocycles. The van der Waals surface area contributed by atoms with Gasteiger partial charge >= 0.3 is 0 Å². The van der Waals surface area contributed by atoms with Crippen molar-refractivity contribution in [1.29, 1.82) is 0 Å². The van der Waals surface area contributed by atoms with Crippen LogP contribution in [0.25, 0.3) is 0 Å². The first-order valence-corrected chi connectivity index (χ1v) is 7.58. The lowest BCUT2D eigenvalue weighted by molar-refractivity contribution is 0.595. The van der Waals surface area contributed by atoms with Crippen molar-refractivity contribution in [2.24, 2.45) is 0 Å². The van der Waals surface area contributed by atoms with Gasteiger partial charge in [-0.05, 0) is 25.0 Å². The van der Waals surface area contributed by atoms with Crippen LogP contribution in [0.1, 0.15) is 12.8 Å². The van der Waals surface area contributed by atoms with E-state index in [2.05, 4.69) is 10.0 Å². The van der Waals surface area contributed by atoms with Crippen molar-refractivity contribution in [2.75, 3.05) is 17.0 Å². The minimum atomic E-state index is -3.32. The number of sulfonamides is 1. The van der Waals surface area contributed by atoms with E-state index in [1.807, 2.05) is 0 Å². The van der Waals surface area contributed by atoms with Crippen LogP contribution in [0.2, 0.25) is 5.02 Å². The summed E-state index contributed by atoms with van der Waals surface area (Å²) in [6, 6.07) is 7.32. The summed E-state index contributed by atoms with van der Waals surface area (Å²) in [6.45, 7) is 0.477. The van der Waals surface area contributed by atoms with Gasteiger partial charge in [0, 0.05) is 12.6 Å². The van der Waals surface area contributed by atoms with E-state index in [1.54, 1.807) is 24.3 Å². The summed E-state index contributed by atoms with van der Waals surface area (Å²) in [5, 5.41) is 3.57. The molecule has 0 spiro atoms. The molecule has 0 amide bonds. The van der Waals surface area contributed by atoms with Gasteiger partial charge in [-0.1, -0.05) is 23.7 Å². The van der Waals surface area contributed by atoms with Gasteiger partial charge in [0.15, 0.2) is 0 Å². The SMILES string of the molecule is O=S(=O)(CCNC1CC1)Nc1ccccc1Cl. The third-order valence-corrected chi connectivity index (χ3v) is 4.12. The second-order valence-corrected chi connectivity index (χ2v) is 6.38. The Kier molecular flexibility index (Phi) is 3.91. The van der Waals surface area contributed by atoms with Gasteiger partial charge < -0.3 is 5.32 Å². The second-order valence-electron chi connectivity index (χ2n) is 4.13. The largest absolute Gasteiger partial charge is 0.313 e. The number of rotatable bonds is 6. The van der Waals surface area contributed by atoms with E-state index < -0.39 is 10.0 Å². The predicted octanol–water partition coefficient (Wildman–Crippen LogP) is 1.83. The molecular weight excluding hydrogens is 260 g/mol. The van der Waals surface area contributed by atoms with E-state index >= 15 is 0 Å². The highest BCUT2D eigenvalue weighted by Gasteiger charge is 2.21. The standard InChI is InChI=1S/C11H15ClN2O2S/c12-10-3-1-2-4-11(10)14-17(15,16)8-7-13-9-5-6-9/h1-4,9,13-14H,5-8H2. The molecule has 0 atom stereocenters. The fourth-order valence-electron chi connectivity index (χ4n) is 1.45.